The monoisotopic (exact) mass is 450 g/mol. The van der Waals surface area contributed by atoms with Gasteiger partial charge in [-0.15, -0.1) is 0 Å². The summed E-state index contributed by atoms with van der Waals surface area (Å²) in [6.07, 6.45) is -1.10. The standard InChI is InChI=1S/C23H30O9/c1-10-7-17-22(28)11(2)8-15(27)9-16(22)19-21(6,31-14(5)26)20(30-13(4)25)23(17,32-19)18(10)29-12(3)24/h7,11,16-20,28H,8-9H2,1-6H3/t11-,16-,17?,18+,19-,20-,21-,22-,23-/m1/s1. The predicted octanol–water partition coefficient (Wildman–Crippen LogP) is 1.25. The second-order valence-electron chi connectivity index (χ2n) is 9.88. The van der Waals surface area contributed by atoms with E-state index in [1.54, 1.807) is 26.8 Å². The Bertz CT molecular complexity index is 924. The molecule has 0 radical (unpaired) electrons. The molecule has 1 N–H and O–H groups in total. The molecule has 2 bridgehead atoms. The molecule has 32 heavy (non-hydrogen) atoms. The molecular weight excluding hydrogens is 420 g/mol. The van der Waals surface area contributed by atoms with Crippen molar-refractivity contribution in [3.05, 3.63) is 11.6 Å². The van der Waals surface area contributed by atoms with Crippen LogP contribution in [0.3, 0.4) is 0 Å². The molecule has 2 saturated heterocycles. The van der Waals surface area contributed by atoms with E-state index in [0.717, 1.165) is 0 Å². The first-order valence-electron chi connectivity index (χ1n) is 10.9. The van der Waals surface area contributed by atoms with Crippen molar-refractivity contribution in [1.82, 2.24) is 0 Å². The van der Waals surface area contributed by atoms with Crippen LogP contribution in [0.15, 0.2) is 11.6 Å². The van der Waals surface area contributed by atoms with E-state index in [1.165, 1.54) is 20.8 Å². The third kappa shape index (κ3) is 2.83. The maximum absolute atomic E-state index is 12.6. The summed E-state index contributed by atoms with van der Waals surface area (Å²) in [5.41, 5.74) is -3.81. The zero-order chi connectivity index (χ0) is 23.8. The molecule has 1 spiro atoms. The normalized spacial score (nSPS) is 46.6. The van der Waals surface area contributed by atoms with Crippen LogP contribution in [0.4, 0.5) is 0 Å². The number of esters is 3. The van der Waals surface area contributed by atoms with Crippen LogP contribution in [0.2, 0.25) is 0 Å². The zero-order valence-electron chi connectivity index (χ0n) is 19.2. The molecule has 0 amide bonds. The molecule has 2 heterocycles. The lowest BCUT2D eigenvalue weighted by atomic mass is 9.57. The van der Waals surface area contributed by atoms with E-state index < -0.39 is 70.8 Å². The molecule has 0 aromatic heterocycles. The summed E-state index contributed by atoms with van der Waals surface area (Å²) in [5.74, 6) is -3.77. The first-order valence-corrected chi connectivity index (χ1v) is 10.9. The molecule has 9 nitrogen and oxygen atoms in total. The quantitative estimate of drug-likeness (QED) is 0.384. The van der Waals surface area contributed by atoms with Gasteiger partial charge in [0.25, 0.3) is 0 Å². The van der Waals surface area contributed by atoms with Gasteiger partial charge < -0.3 is 24.1 Å². The highest BCUT2D eigenvalue weighted by atomic mass is 16.7. The zero-order valence-corrected chi connectivity index (χ0v) is 19.2. The van der Waals surface area contributed by atoms with Crippen LogP contribution >= 0.6 is 0 Å². The van der Waals surface area contributed by atoms with Crippen LogP contribution in [-0.2, 0) is 38.1 Å². The average Bonchev–Trinajstić information content (AvgIpc) is 3.04. The first-order chi connectivity index (χ1) is 14.8. The van der Waals surface area contributed by atoms with E-state index in [1.807, 2.05) is 0 Å². The molecule has 0 aromatic carbocycles. The minimum Gasteiger partial charge on any atom is -0.455 e. The average molecular weight is 450 g/mol. The summed E-state index contributed by atoms with van der Waals surface area (Å²) in [6, 6.07) is 0. The summed E-state index contributed by atoms with van der Waals surface area (Å²) in [4.78, 5) is 49.0. The Kier molecular flexibility index (Phi) is 5.10. The smallest absolute Gasteiger partial charge is 0.303 e. The Morgan fingerprint density at radius 3 is 2.28 bits per heavy atom. The van der Waals surface area contributed by atoms with Crippen LogP contribution in [0.25, 0.3) is 0 Å². The number of fused-ring (bicyclic) bond motifs is 4. The van der Waals surface area contributed by atoms with Crippen LogP contribution < -0.4 is 0 Å². The summed E-state index contributed by atoms with van der Waals surface area (Å²) >= 11 is 0. The topological polar surface area (TPSA) is 125 Å². The molecule has 2 aliphatic heterocycles. The molecule has 0 aromatic rings. The number of aliphatic hydroxyl groups is 1. The molecule has 2 aliphatic carbocycles. The second kappa shape index (κ2) is 7.12. The van der Waals surface area contributed by atoms with E-state index >= 15 is 0 Å². The third-order valence-corrected chi connectivity index (χ3v) is 7.73. The molecular formula is C23H30O9. The van der Waals surface area contributed by atoms with Gasteiger partial charge in [0.2, 0.25) is 0 Å². The van der Waals surface area contributed by atoms with Gasteiger partial charge in [-0.05, 0) is 25.3 Å². The summed E-state index contributed by atoms with van der Waals surface area (Å²) in [5, 5.41) is 12.2. The maximum atomic E-state index is 12.6. The van der Waals surface area contributed by atoms with Crippen LogP contribution in [0.1, 0.15) is 54.4 Å². The highest BCUT2D eigenvalue weighted by Crippen LogP contribution is 2.66. The summed E-state index contributed by atoms with van der Waals surface area (Å²) < 4.78 is 23.7. The van der Waals surface area contributed by atoms with Crippen molar-refractivity contribution < 1.29 is 43.2 Å². The molecule has 176 valence electrons. The minimum atomic E-state index is -1.51. The third-order valence-electron chi connectivity index (χ3n) is 7.73. The largest absolute Gasteiger partial charge is 0.455 e. The Morgan fingerprint density at radius 1 is 1.09 bits per heavy atom. The first kappa shape index (κ1) is 22.9. The van der Waals surface area contributed by atoms with Gasteiger partial charge in [0, 0.05) is 45.4 Å². The number of rotatable bonds is 3. The molecule has 3 fully saturated rings. The fourth-order valence-electron chi connectivity index (χ4n) is 6.80. The van der Waals surface area contributed by atoms with Gasteiger partial charge >= 0.3 is 17.9 Å². The number of carbonyl (C=O) groups excluding carboxylic acids is 4. The van der Waals surface area contributed by atoms with E-state index in [9.17, 15) is 24.3 Å². The van der Waals surface area contributed by atoms with Gasteiger partial charge in [0.1, 0.15) is 11.9 Å². The molecule has 9 atom stereocenters. The Labute approximate surface area is 186 Å². The summed E-state index contributed by atoms with van der Waals surface area (Å²) in [6.45, 7) is 8.86. The molecule has 1 unspecified atom stereocenters. The van der Waals surface area contributed by atoms with Crippen molar-refractivity contribution in [3.63, 3.8) is 0 Å². The Hall–Kier alpha value is -2.26. The van der Waals surface area contributed by atoms with Crippen molar-refractivity contribution >= 4 is 23.7 Å². The minimum absolute atomic E-state index is 0.0281. The maximum Gasteiger partial charge on any atom is 0.303 e. The van der Waals surface area contributed by atoms with Crippen LogP contribution in [0.5, 0.6) is 0 Å². The van der Waals surface area contributed by atoms with Crippen molar-refractivity contribution in [2.75, 3.05) is 0 Å². The van der Waals surface area contributed by atoms with E-state index in [2.05, 4.69) is 0 Å². The van der Waals surface area contributed by atoms with Gasteiger partial charge in [0.15, 0.2) is 23.4 Å². The second-order valence-corrected chi connectivity index (χ2v) is 9.88. The van der Waals surface area contributed by atoms with E-state index in [4.69, 9.17) is 18.9 Å². The van der Waals surface area contributed by atoms with Crippen molar-refractivity contribution in [2.24, 2.45) is 17.8 Å². The van der Waals surface area contributed by atoms with Crippen molar-refractivity contribution in [2.45, 2.75) is 89.5 Å². The van der Waals surface area contributed by atoms with Gasteiger partial charge in [-0.2, -0.15) is 0 Å². The van der Waals surface area contributed by atoms with Crippen LogP contribution in [-0.4, -0.2) is 63.9 Å². The lowest BCUT2D eigenvalue weighted by molar-refractivity contribution is -0.281. The van der Waals surface area contributed by atoms with Gasteiger partial charge in [-0.3, -0.25) is 19.2 Å². The highest BCUT2D eigenvalue weighted by molar-refractivity contribution is 5.81. The lowest BCUT2D eigenvalue weighted by Crippen LogP contribution is -2.69. The van der Waals surface area contributed by atoms with E-state index in [-0.39, 0.29) is 18.6 Å². The number of ketones is 1. The number of Topliss-reactive ketones (excluding diaryl/α,β-unsaturated/α-hetero) is 1. The van der Waals surface area contributed by atoms with Gasteiger partial charge in [-0.1, -0.05) is 13.0 Å². The SMILES string of the molecule is CC(=O)O[C@@H]1[C@](C)(OC(C)=O)[C@@H]2O[C@@]13C(C=C(C)[C@@H]3OC(C)=O)[C@@]1(O)[C@H](C)CC(=O)C[C@H]21. The molecule has 1 saturated carbocycles. The Morgan fingerprint density at radius 2 is 1.72 bits per heavy atom. The molecule has 9 heteroatoms. The number of hydrogen-bond acceptors (Lipinski definition) is 9. The van der Waals surface area contributed by atoms with Crippen molar-refractivity contribution in [3.8, 4) is 0 Å². The number of carbonyl (C=O) groups is 4. The number of ether oxygens (including phenoxy) is 4. The number of hydrogen-bond donors (Lipinski definition) is 1. The predicted molar refractivity (Wildman–Crippen MR) is 108 cm³/mol. The molecule has 4 aliphatic rings. The highest BCUT2D eigenvalue weighted by Gasteiger charge is 2.83. The Balaban J connectivity index is 1.99. The lowest BCUT2D eigenvalue weighted by Gasteiger charge is -2.56. The van der Waals surface area contributed by atoms with Crippen molar-refractivity contribution in [1.29, 1.82) is 0 Å². The van der Waals surface area contributed by atoms with E-state index in [0.29, 0.717) is 5.57 Å². The van der Waals surface area contributed by atoms with Crippen LogP contribution in [0, 0.1) is 17.8 Å². The molecule has 4 rings (SSSR count). The summed E-state index contributed by atoms with van der Waals surface area (Å²) in [7, 11) is 0. The fourth-order valence-corrected chi connectivity index (χ4v) is 6.80. The van der Waals surface area contributed by atoms with Gasteiger partial charge in [0.05, 0.1) is 5.60 Å². The van der Waals surface area contributed by atoms with Gasteiger partial charge in [-0.25, -0.2) is 0 Å². The fraction of sp³-hybridized carbons (Fsp3) is 0.739.